The van der Waals surface area contributed by atoms with Crippen LogP contribution in [0.25, 0.3) is 0 Å². The second kappa shape index (κ2) is 8.23. The molecule has 19 heavy (non-hydrogen) atoms. The van der Waals surface area contributed by atoms with Crippen molar-refractivity contribution in [3.05, 3.63) is 0 Å². The second-order valence-electron chi connectivity index (χ2n) is 6.28. The van der Waals surface area contributed by atoms with Crippen molar-refractivity contribution in [2.75, 3.05) is 33.4 Å². The summed E-state index contributed by atoms with van der Waals surface area (Å²) in [5.41, 5.74) is 0. The molecule has 0 aromatic carbocycles. The zero-order valence-corrected chi connectivity index (χ0v) is 12.9. The number of ether oxygens (including phenoxy) is 1. The predicted molar refractivity (Wildman–Crippen MR) is 80.5 cm³/mol. The van der Waals surface area contributed by atoms with Crippen LogP contribution in [0.2, 0.25) is 0 Å². The van der Waals surface area contributed by atoms with Gasteiger partial charge in [0.05, 0.1) is 6.61 Å². The van der Waals surface area contributed by atoms with Crippen LogP contribution in [0.3, 0.4) is 0 Å². The van der Waals surface area contributed by atoms with Crippen molar-refractivity contribution >= 4 is 0 Å². The molecular weight excluding hydrogens is 236 g/mol. The number of nitrogens with zero attached hydrogens (tertiary/aromatic N) is 1. The average molecular weight is 268 g/mol. The highest BCUT2D eigenvalue weighted by Gasteiger charge is 2.32. The van der Waals surface area contributed by atoms with Crippen LogP contribution in [-0.2, 0) is 4.74 Å². The Hall–Kier alpha value is -0.120. The molecule has 2 saturated carbocycles. The molecule has 2 aliphatic carbocycles. The molecule has 0 aromatic rings. The third kappa shape index (κ3) is 5.05. The van der Waals surface area contributed by atoms with Crippen LogP contribution in [0.1, 0.15) is 51.9 Å². The van der Waals surface area contributed by atoms with Gasteiger partial charge in [-0.15, -0.1) is 0 Å². The van der Waals surface area contributed by atoms with E-state index in [9.17, 15) is 0 Å². The first-order chi connectivity index (χ1) is 9.35. The van der Waals surface area contributed by atoms with E-state index in [2.05, 4.69) is 17.1 Å². The van der Waals surface area contributed by atoms with Crippen LogP contribution in [0.4, 0.5) is 0 Å². The lowest BCUT2D eigenvalue weighted by Gasteiger charge is -2.32. The predicted octanol–water partition coefficient (Wildman–Crippen LogP) is 2.66. The Bertz CT molecular complexity index is 243. The van der Waals surface area contributed by atoms with Crippen molar-refractivity contribution in [1.82, 2.24) is 10.2 Å². The highest BCUT2D eigenvalue weighted by atomic mass is 16.5. The standard InChI is InChI=1S/C16H32N2O/c1-3-17-16-8-6-4-5-7-14(16)13-18(11-12-19-2)15-9-10-15/h14-17H,3-13H2,1-2H3. The molecule has 112 valence electrons. The van der Waals surface area contributed by atoms with Crippen LogP contribution >= 0.6 is 0 Å². The maximum atomic E-state index is 5.28. The van der Waals surface area contributed by atoms with Crippen molar-refractivity contribution in [2.45, 2.75) is 64.0 Å². The smallest absolute Gasteiger partial charge is 0.0589 e. The highest BCUT2D eigenvalue weighted by molar-refractivity contribution is 4.89. The van der Waals surface area contributed by atoms with Gasteiger partial charge in [0, 0.05) is 32.3 Å². The Morgan fingerprint density at radius 1 is 1.11 bits per heavy atom. The third-order valence-electron chi connectivity index (χ3n) is 4.74. The van der Waals surface area contributed by atoms with Gasteiger partial charge in [0.25, 0.3) is 0 Å². The van der Waals surface area contributed by atoms with E-state index in [-0.39, 0.29) is 0 Å². The van der Waals surface area contributed by atoms with E-state index < -0.39 is 0 Å². The quantitative estimate of drug-likeness (QED) is 0.685. The minimum Gasteiger partial charge on any atom is -0.383 e. The first-order valence-electron chi connectivity index (χ1n) is 8.31. The van der Waals surface area contributed by atoms with E-state index >= 15 is 0 Å². The van der Waals surface area contributed by atoms with E-state index in [1.165, 1.54) is 51.5 Å². The fourth-order valence-electron chi connectivity index (χ4n) is 3.51. The summed E-state index contributed by atoms with van der Waals surface area (Å²) in [5, 5.41) is 3.74. The van der Waals surface area contributed by atoms with Crippen LogP contribution in [0.15, 0.2) is 0 Å². The zero-order chi connectivity index (χ0) is 13.5. The lowest BCUT2D eigenvalue weighted by Crippen LogP contribution is -2.43. The summed E-state index contributed by atoms with van der Waals surface area (Å²) in [6, 6.07) is 1.61. The summed E-state index contributed by atoms with van der Waals surface area (Å²) in [7, 11) is 1.82. The summed E-state index contributed by atoms with van der Waals surface area (Å²) in [6.45, 7) is 6.64. The van der Waals surface area contributed by atoms with Gasteiger partial charge in [0.1, 0.15) is 0 Å². The average Bonchev–Trinajstić information content (AvgIpc) is 3.23. The molecule has 2 unspecified atom stereocenters. The van der Waals surface area contributed by atoms with E-state index in [0.717, 1.165) is 37.7 Å². The van der Waals surface area contributed by atoms with Gasteiger partial charge in [0.15, 0.2) is 0 Å². The van der Waals surface area contributed by atoms with E-state index in [1.807, 2.05) is 7.11 Å². The lowest BCUT2D eigenvalue weighted by molar-refractivity contribution is 0.122. The van der Waals surface area contributed by atoms with Gasteiger partial charge >= 0.3 is 0 Å². The highest BCUT2D eigenvalue weighted by Crippen LogP contribution is 2.30. The molecule has 0 amide bonds. The fourth-order valence-corrected chi connectivity index (χ4v) is 3.51. The third-order valence-corrected chi connectivity index (χ3v) is 4.74. The minimum absolute atomic E-state index is 0.747. The van der Waals surface area contributed by atoms with Crippen molar-refractivity contribution in [2.24, 2.45) is 5.92 Å². The Morgan fingerprint density at radius 3 is 2.58 bits per heavy atom. The molecule has 2 aliphatic rings. The largest absolute Gasteiger partial charge is 0.383 e. The van der Waals surface area contributed by atoms with Crippen LogP contribution in [-0.4, -0.2) is 50.3 Å². The van der Waals surface area contributed by atoms with E-state index in [0.29, 0.717) is 0 Å². The van der Waals surface area contributed by atoms with Crippen molar-refractivity contribution < 1.29 is 4.74 Å². The Balaban J connectivity index is 1.87. The SMILES string of the molecule is CCNC1CCCCCC1CN(CCOC)C1CC1. The Labute approximate surface area is 119 Å². The molecule has 0 spiro atoms. The number of hydrogen-bond acceptors (Lipinski definition) is 3. The molecule has 2 rings (SSSR count). The van der Waals surface area contributed by atoms with E-state index in [1.54, 1.807) is 0 Å². The molecule has 2 fully saturated rings. The summed E-state index contributed by atoms with van der Waals surface area (Å²) in [6.07, 6.45) is 9.87. The van der Waals surface area contributed by atoms with Gasteiger partial charge in [-0.1, -0.05) is 26.2 Å². The van der Waals surface area contributed by atoms with Gasteiger partial charge in [-0.2, -0.15) is 0 Å². The summed E-state index contributed by atoms with van der Waals surface area (Å²) in [5.74, 6) is 0.847. The molecule has 0 aromatic heterocycles. The molecule has 3 nitrogen and oxygen atoms in total. The first-order valence-corrected chi connectivity index (χ1v) is 8.31. The van der Waals surface area contributed by atoms with Crippen LogP contribution < -0.4 is 5.32 Å². The zero-order valence-electron chi connectivity index (χ0n) is 12.9. The summed E-state index contributed by atoms with van der Waals surface area (Å²) >= 11 is 0. The molecule has 0 bridgehead atoms. The van der Waals surface area contributed by atoms with Crippen molar-refractivity contribution in [1.29, 1.82) is 0 Å². The normalized spacial score (nSPS) is 28.6. The van der Waals surface area contributed by atoms with Gasteiger partial charge in [0.2, 0.25) is 0 Å². The topological polar surface area (TPSA) is 24.5 Å². The van der Waals surface area contributed by atoms with Gasteiger partial charge in [-0.05, 0) is 38.1 Å². The number of methoxy groups -OCH3 is 1. The first kappa shape index (κ1) is 15.3. The minimum atomic E-state index is 0.747. The van der Waals surface area contributed by atoms with Gasteiger partial charge < -0.3 is 10.1 Å². The maximum Gasteiger partial charge on any atom is 0.0589 e. The molecule has 0 aliphatic heterocycles. The molecule has 0 radical (unpaired) electrons. The van der Waals surface area contributed by atoms with Crippen molar-refractivity contribution in [3.63, 3.8) is 0 Å². The summed E-state index contributed by atoms with van der Waals surface area (Å²) in [4.78, 5) is 2.70. The van der Waals surface area contributed by atoms with Gasteiger partial charge in [-0.3, -0.25) is 4.90 Å². The Morgan fingerprint density at radius 2 is 1.89 bits per heavy atom. The molecule has 0 heterocycles. The molecule has 3 heteroatoms. The number of nitrogens with one attached hydrogen (secondary N) is 1. The summed E-state index contributed by atoms with van der Waals surface area (Å²) < 4.78 is 5.28. The maximum absolute atomic E-state index is 5.28. The van der Waals surface area contributed by atoms with Crippen LogP contribution in [0, 0.1) is 5.92 Å². The van der Waals surface area contributed by atoms with Crippen LogP contribution in [0.5, 0.6) is 0 Å². The van der Waals surface area contributed by atoms with Crippen molar-refractivity contribution in [3.8, 4) is 0 Å². The van der Waals surface area contributed by atoms with E-state index in [4.69, 9.17) is 4.74 Å². The second-order valence-corrected chi connectivity index (χ2v) is 6.28. The van der Waals surface area contributed by atoms with Gasteiger partial charge in [-0.25, -0.2) is 0 Å². The Kier molecular flexibility index (Phi) is 6.62. The lowest BCUT2D eigenvalue weighted by atomic mass is 9.94. The molecule has 0 saturated heterocycles. The monoisotopic (exact) mass is 268 g/mol. The fraction of sp³-hybridized carbons (Fsp3) is 1.00. The molecule has 1 N–H and O–H groups in total. The molecular formula is C16H32N2O. The number of rotatable bonds is 8. The number of hydrogen-bond donors (Lipinski definition) is 1. The molecule has 2 atom stereocenters.